The highest BCUT2D eigenvalue weighted by Crippen LogP contribution is 2.34. The predicted octanol–water partition coefficient (Wildman–Crippen LogP) is 2.88. The van der Waals surface area contributed by atoms with Crippen molar-refractivity contribution in [3.05, 3.63) is 47.8 Å². The summed E-state index contributed by atoms with van der Waals surface area (Å²) in [5.74, 6) is -0.345. The molecule has 1 aliphatic carbocycles. The molecule has 7 nitrogen and oxygen atoms in total. The van der Waals surface area contributed by atoms with Crippen molar-refractivity contribution in [2.24, 2.45) is 0 Å². The van der Waals surface area contributed by atoms with Crippen molar-refractivity contribution in [2.75, 3.05) is 0 Å². The van der Waals surface area contributed by atoms with Gasteiger partial charge in [0.25, 0.3) is 5.91 Å². The highest BCUT2D eigenvalue weighted by atomic mass is 19.4. The minimum Gasteiger partial charge on any atom is -0.489 e. The first-order valence-electron chi connectivity index (χ1n) is 8.57. The van der Waals surface area contributed by atoms with Crippen LogP contribution in [0.1, 0.15) is 47.4 Å². The lowest BCUT2D eigenvalue weighted by Crippen LogP contribution is -2.40. The standard InChI is InChI=1S/C18H16F3N5O2/c19-18(20,21)14-7-13(9-25-15(14)8-22)28-12-3-1-11(2-4-12)26-17(27)16-10-23-5-6-24-16/h5-7,9-12H,1-4H2,(H,26,27)/t11-,12-. The minimum absolute atomic E-state index is 0.0293. The van der Waals surface area contributed by atoms with Gasteiger partial charge in [-0.15, -0.1) is 0 Å². The number of hydrogen-bond acceptors (Lipinski definition) is 6. The Morgan fingerprint density at radius 3 is 2.54 bits per heavy atom. The summed E-state index contributed by atoms with van der Waals surface area (Å²) in [6.45, 7) is 0. The number of rotatable bonds is 4. The molecular formula is C18H16F3N5O2. The maximum Gasteiger partial charge on any atom is 0.419 e. The molecule has 1 N–H and O–H groups in total. The van der Waals surface area contributed by atoms with E-state index in [4.69, 9.17) is 10.00 Å². The number of pyridine rings is 1. The van der Waals surface area contributed by atoms with Gasteiger partial charge in [-0.3, -0.25) is 9.78 Å². The summed E-state index contributed by atoms with van der Waals surface area (Å²) >= 11 is 0. The molecule has 0 spiro atoms. The first-order chi connectivity index (χ1) is 13.4. The average molecular weight is 391 g/mol. The van der Waals surface area contributed by atoms with Gasteiger partial charge < -0.3 is 10.1 Å². The van der Waals surface area contributed by atoms with E-state index in [0.717, 1.165) is 12.3 Å². The number of alkyl halides is 3. The highest BCUT2D eigenvalue weighted by Gasteiger charge is 2.35. The van der Waals surface area contributed by atoms with Gasteiger partial charge in [-0.05, 0) is 31.7 Å². The lowest BCUT2D eigenvalue weighted by molar-refractivity contribution is -0.138. The van der Waals surface area contributed by atoms with Crippen molar-refractivity contribution in [3.8, 4) is 11.8 Å². The summed E-state index contributed by atoms with van der Waals surface area (Å²) in [5.41, 5.74) is -1.57. The Morgan fingerprint density at radius 2 is 1.93 bits per heavy atom. The summed E-state index contributed by atoms with van der Waals surface area (Å²) in [4.78, 5) is 23.4. The first-order valence-corrected chi connectivity index (χ1v) is 8.57. The van der Waals surface area contributed by atoms with Crippen LogP contribution in [-0.2, 0) is 6.18 Å². The lowest BCUT2D eigenvalue weighted by Gasteiger charge is -2.29. The van der Waals surface area contributed by atoms with Crippen LogP contribution in [0.5, 0.6) is 5.75 Å². The van der Waals surface area contributed by atoms with Crippen LogP contribution in [0.25, 0.3) is 0 Å². The van der Waals surface area contributed by atoms with Crippen LogP contribution in [0, 0.1) is 11.3 Å². The van der Waals surface area contributed by atoms with Crippen LogP contribution in [-0.4, -0.2) is 33.0 Å². The summed E-state index contributed by atoms with van der Waals surface area (Å²) in [5, 5.41) is 11.7. The molecule has 0 unspecified atom stereocenters. The largest absolute Gasteiger partial charge is 0.489 e. The van der Waals surface area contributed by atoms with E-state index in [1.807, 2.05) is 0 Å². The molecule has 0 bridgehead atoms. The van der Waals surface area contributed by atoms with Gasteiger partial charge in [0.05, 0.1) is 24.1 Å². The molecule has 1 saturated carbocycles. The second-order valence-electron chi connectivity index (χ2n) is 6.33. The number of nitrogens with zero attached hydrogens (tertiary/aromatic N) is 4. The molecule has 0 atom stereocenters. The number of amides is 1. The van der Waals surface area contributed by atoms with E-state index in [1.165, 1.54) is 24.7 Å². The Balaban J connectivity index is 1.56. The molecule has 10 heteroatoms. The fraction of sp³-hybridized carbons (Fsp3) is 0.389. The van der Waals surface area contributed by atoms with E-state index >= 15 is 0 Å². The molecule has 2 heterocycles. The van der Waals surface area contributed by atoms with Crippen molar-refractivity contribution in [1.29, 1.82) is 5.26 Å². The molecule has 0 aliphatic heterocycles. The number of hydrogen-bond donors (Lipinski definition) is 1. The van der Waals surface area contributed by atoms with Crippen LogP contribution >= 0.6 is 0 Å². The molecule has 3 rings (SSSR count). The number of halogens is 3. The Kier molecular flexibility index (Phi) is 5.73. The summed E-state index contributed by atoms with van der Waals surface area (Å²) in [6, 6.07) is 2.16. The van der Waals surface area contributed by atoms with Gasteiger partial charge in [-0.2, -0.15) is 18.4 Å². The molecule has 1 fully saturated rings. The lowest BCUT2D eigenvalue weighted by atomic mass is 9.93. The van der Waals surface area contributed by atoms with E-state index < -0.39 is 17.4 Å². The van der Waals surface area contributed by atoms with Crippen molar-refractivity contribution in [1.82, 2.24) is 20.3 Å². The summed E-state index contributed by atoms with van der Waals surface area (Å²) < 4.78 is 44.7. The van der Waals surface area contributed by atoms with Crippen molar-refractivity contribution >= 4 is 5.91 Å². The van der Waals surface area contributed by atoms with E-state index in [0.29, 0.717) is 25.7 Å². The summed E-state index contributed by atoms with van der Waals surface area (Å²) in [7, 11) is 0. The average Bonchev–Trinajstić information content (AvgIpc) is 2.69. The van der Waals surface area contributed by atoms with Gasteiger partial charge in [-0.1, -0.05) is 0 Å². The SMILES string of the molecule is N#Cc1ncc(O[C@H]2CC[C@H](NC(=O)c3cnccn3)CC2)cc1C(F)(F)F. The first kappa shape index (κ1) is 19.5. The zero-order valence-electron chi connectivity index (χ0n) is 14.6. The number of nitrogens with one attached hydrogen (secondary N) is 1. The monoisotopic (exact) mass is 391 g/mol. The predicted molar refractivity (Wildman–Crippen MR) is 90.1 cm³/mol. The zero-order chi connectivity index (χ0) is 20.1. The van der Waals surface area contributed by atoms with Gasteiger partial charge >= 0.3 is 6.18 Å². The van der Waals surface area contributed by atoms with Crippen molar-refractivity contribution in [3.63, 3.8) is 0 Å². The fourth-order valence-corrected chi connectivity index (χ4v) is 3.01. The molecule has 2 aromatic heterocycles. The molecule has 146 valence electrons. The molecule has 28 heavy (non-hydrogen) atoms. The Labute approximate surface area is 158 Å². The van der Waals surface area contributed by atoms with E-state index in [-0.39, 0.29) is 29.5 Å². The topological polar surface area (TPSA) is 101 Å². The van der Waals surface area contributed by atoms with Crippen molar-refractivity contribution in [2.45, 2.75) is 44.0 Å². The molecule has 1 aliphatic rings. The number of aromatic nitrogens is 3. The Bertz CT molecular complexity index is 875. The smallest absolute Gasteiger partial charge is 0.419 e. The van der Waals surface area contributed by atoms with Gasteiger partial charge in [0.15, 0.2) is 5.69 Å². The van der Waals surface area contributed by atoms with Gasteiger partial charge in [0.2, 0.25) is 0 Å². The Hall–Kier alpha value is -3.22. The molecular weight excluding hydrogens is 375 g/mol. The molecule has 0 aromatic carbocycles. The van der Waals surface area contributed by atoms with Crippen LogP contribution in [0.4, 0.5) is 13.2 Å². The number of carbonyl (C=O) groups is 1. The minimum atomic E-state index is -4.68. The molecule has 2 aromatic rings. The van der Waals surface area contributed by atoms with Crippen LogP contribution in [0.15, 0.2) is 30.9 Å². The van der Waals surface area contributed by atoms with Crippen LogP contribution in [0.3, 0.4) is 0 Å². The van der Waals surface area contributed by atoms with E-state index in [1.54, 1.807) is 0 Å². The third-order valence-electron chi connectivity index (χ3n) is 4.38. The molecule has 1 amide bonds. The molecule has 0 radical (unpaired) electrons. The van der Waals surface area contributed by atoms with Crippen molar-refractivity contribution < 1.29 is 22.7 Å². The Morgan fingerprint density at radius 1 is 1.18 bits per heavy atom. The third-order valence-corrected chi connectivity index (χ3v) is 4.38. The third kappa shape index (κ3) is 4.73. The molecule has 0 saturated heterocycles. The van der Waals surface area contributed by atoms with Gasteiger partial charge in [0, 0.05) is 18.4 Å². The highest BCUT2D eigenvalue weighted by molar-refractivity contribution is 5.92. The van der Waals surface area contributed by atoms with Gasteiger partial charge in [-0.25, -0.2) is 9.97 Å². The van der Waals surface area contributed by atoms with Crippen LogP contribution < -0.4 is 10.1 Å². The second kappa shape index (κ2) is 8.21. The van der Waals surface area contributed by atoms with Gasteiger partial charge in [0.1, 0.15) is 17.5 Å². The van der Waals surface area contributed by atoms with E-state index in [9.17, 15) is 18.0 Å². The second-order valence-corrected chi connectivity index (χ2v) is 6.33. The maximum absolute atomic E-state index is 13.0. The van der Waals surface area contributed by atoms with Crippen LogP contribution in [0.2, 0.25) is 0 Å². The normalized spacial score (nSPS) is 19.5. The fourth-order valence-electron chi connectivity index (χ4n) is 3.01. The van der Waals surface area contributed by atoms with E-state index in [2.05, 4.69) is 20.3 Å². The number of nitriles is 1. The number of ether oxygens (including phenoxy) is 1. The maximum atomic E-state index is 13.0. The number of carbonyl (C=O) groups excluding carboxylic acids is 1. The zero-order valence-corrected chi connectivity index (χ0v) is 14.6. The quantitative estimate of drug-likeness (QED) is 0.860. The summed E-state index contributed by atoms with van der Waals surface area (Å²) in [6.07, 6.45) is 2.79.